The van der Waals surface area contributed by atoms with Gasteiger partial charge in [-0.25, -0.2) is 0 Å². The third kappa shape index (κ3) is 2.66. The van der Waals surface area contributed by atoms with Crippen LogP contribution in [-0.4, -0.2) is 68.9 Å². The molecule has 0 saturated carbocycles. The quantitative estimate of drug-likeness (QED) is 0.618. The maximum Gasteiger partial charge on any atom is 0.184 e. The van der Waals surface area contributed by atoms with Gasteiger partial charge in [-0.15, -0.1) is 0 Å². The van der Waals surface area contributed by atoms with Gasteiger partial charge in [0.25, 0.3) is 0 Å². The SMILES string of the molecule is COCC1O[C@@H](O)C(OC)[C@@H](OC)[C@@H]1O. The Morgan fingerprint density at radius 2 is 1.67 bits per heavy atom. The molecule has 0 aromatic rings. The second kappa shape index (κ2) is 5.74. The minimum Gasteiger partial charge on any atom is -0.387 e. The predicted molar refractivity (Wildman–Crippen MR) is 50.4 cm³/mol. The van der Waals surface area contributed by atoms with Crippen LogP contribution in [0.4, 0.5) is 0 Å². The zero-order valence-electron chi connectivity index (χ0n) is 9.12. The van der Waals surface area contributed by atoms with Gasteiger partial charge >= 0.3 is 0 Å². The molecule has 6 nitrogen and oxygen atoms in total. The molecule has 0 aliphatic carbocycles. The van der Waals surface area contributed by atoms with Crippen LogP contribution in [0.1, 0.15) is 0 Å². The molecule has 0 aromatic heterocycles. The van der Waals surface area contributed by atoms with Crippen LogP contribution in [0, 0.1) is 0 Å². The summed E-state index contributed by atoms with van der Waals surface area (Å²) in [6.07, 6.45) is -3.94. The maximum atomic E-state index is 9.86. The fourth-order valence-corrected chi connectivity index (χ4v) is 1.73. The summed E-state index contributed by atoms with van der Waals surface area (Å²) in [4.78, 5) is 0. The van der Waals surface area contributed by atoms with E-state index in [-0.39, 0.29) is 6.61 Å². The van der Waals surface area contributed by atoms with Crippen molar-refractivity contribution in [2.24, 2.45) is 0 Å². The molecular formula is C9H18O6. The molecule has 15 heavy (non-hydrogen) atoms. The van der Waals surface area contributed by atoms with E-state index < -0.39 is 30.7 Å². The number of hydrogen-bond acceptors (Lipinski definition) is 6. The van der Waals surface area contributed by atoms with Crippen molar-refractivity contribution in [1.82, 2.24) is 0 Å². The summed E-state index contributed by atoms with van der Waals surface area (Å²) in [5.41, 5.74) is 0. The summed E-state index contributed by atoms with van der Waals surface area (Å²) < 4.78 is 20.1. The molecule has 1 fully saturated rings. The largest absolute Gasteiger partial charge is 0.387 e. The number of rotatable bonds is 4. The smallest absolute Gasteiger partial charge is 0.184 e. The fraction of sp³-hybridized carbons (Fsp3) is 1.00. The van der Waals surface area contributed by atoms with E-state index >= 15 is 0 Å². The number of aliphatic hydroxyl groups is 2. The number of ether oxygens (including phenoxy) is 4. The van der Waals surface area contributed by atoms with E-state index in [9.17, 15) is 10.2 Å². The molecule has 1 rings (SSSR count). The van der Waals surface area contributed by atoms with Crippen LogP contribution in [0.5, 0.6) is 0 Å². The molecule has 1 saturated heterocycles. The Hall–Kier alpha value is -0.240. The van der Waals surface area contributed by atoms with Crippen LogP contribution in [0.25, 0.3) is 0 Å². The van der Waals surface area contributed by atoms with E-state index in [4.69, 9.17) is 18.9 Å². The highest BCUT2D eigenvalue weighted by molar-refractivity contribution is 4.90. The molecular weight excluding hydrogens is 204 g/mol. The maximum absolute atomic E-state index is 9.86. The molecule has 2 N–H and O–H groups in total. The van der Waals surface area contributed by atoms with E-state index in [0.717, 1.165) is 0 Å². The molecule has 0 aromatic carbocycles. The Bertz CT molecular complexity index is 187. The summed E-state index contributed by atoms with van der Waals surface area (Å²) in [7, 11) is 4.36. The van der Waals surface area contributed by atoms with E-state index in [2.05, 4.69) is 0 Å². The van der Waals surface area contributed by atoms with Crippen molar-refractivity contribution in [3.05, 3.63) is 0 Å². The van der Waals surface area contributed by atoms with Crippen LogP contribution in [0.2, 0.25) is 0 Å². The minimum absolute atomic E-state index is 0.189. The van der Waals surface area contributed by atoms with Crippen molar-refractivity contribution < 1.29 is 29.2 Å². The van der Waals surface area contributed by atoms with E-state index in [1.54, 1.807) is 0 Å². The summed E-state index contributed by atoms with van der Waals surface area (Å²) >= 11 is 0. The predicted octanol–water partition coefficient (Wildman–Crippen LogP) is -1.26. The van der Waals surface area contributed by atoms with Crippen molar-refractivity contribution in [2.45, 2.75) is 30.7 Å². The monoisotopic (exact) mass is 222 g/mol. The molecule has 0 amide bonds. The van der Waals surface area contributed by atoms with Gasteiger partial charge in [0.2, 0.25) is 0 Å². The van der Waals surface area contributed by atoms with Gasteiger partial charge in [-0.1, -0.05) is 0 Å². The average molecular weight is 222 g/mol. The van der Waals surface area contributed by atoms with Gasteiger partial charge in [-0.3, -0.25) is 0 Å². The molecule has 0 radical (unpaired) electrons. The first kappa shape index (κ1) is 12.8. The first-order valence-corrected chi connectivity index (χ1v) is 4.71. The molecule has 6 heteroatoms. The molecule has 5 atom stereocenters. The van der Waals surface area contributed by atoms with Crippen molar-refractivity contribution in [3.63, 3.8) is 0 Å². The first-order valence-electron chi connectivity index (χ1n) is 4.71. The number of hydrogen-bond donors (Lipinski definition) is 2. The highest BCUT2D eigenvalue weighted by Crippen LogP contribution is 2.23. The highest BCUT2D eigenvalue weighted by Gasteiger charge is 2.45. The van der Waals surface area contributed by atoms with Crippen LogP contribution >= 0.6 is 0 Å². The number of methoxy groups -OCH3 is 3. The standard InChI is InChI=1S/C9H18O6/c1-12-4-5-6(10)7(13-2)8(14-3)9(11)15-5/h5-11H,4H2,1-3H3/t5?,6-,7+,8?,9-/m1/s1. The highest BCUT2D eigenvalue weighted by atomic mass is 16.7. The number of aliphatic hydroxyl groups excluding tert-OH is 2. The van der Waals surface area contributed by atoms with E-state index in [1.165, 1.54) is 21.3 Å². The second-order valence-electron chi connectivity index (χ2n) is 3.41. The zero-order valence-corrected chi connectivity index (χ0v) is 9.12. The molecule has 1 heterocycles. The van der Waals surface area contributed by atoms with Crippen LogP contribution < -0.4 is 0 Å². The molecule has 2 unspecified atom stereocenters. The van der Waals surface area contributed by atoms with E-state index in [0.29, 0.717) is 0 Å². The molecule has 0 spiro atoms. The summed E-state index contributed by atoms with van der Waals surface area (Å²) in [6.45, 7) is 0.189. The average Bonchev–Trinajstić information content (AvgIpc) is 2.22. The van der Waals surface area contributed by atoms with Crippen molar-refractivity contribution >= 4 is 0 Å². The fourth-order valence-electron chi connectivity index (χ4n) is 1.73. The normalized spacial score (nSPS) is 41.8. The molecule has 0 bridgehead atoms. The van der Waals surface area contributed by atoms with Gasteiger partial charge < -0.3 is 29.2 Å². The first-order chi connectivity index (χ1) is 7.15. The van der Waals surface area contributed by atoms with Crippen LogP contribution in [0.15, 0.2) is 0 Å². The van der Waals surface area contributed by atoms with Gasteiger partial charge in [-0.05, 0) is 0 Å². The Kier molecular flexibility index (Phi) is 4.91. The lowest BCUT2D eigenvalue weighted by atomic mass is 9.99. The summed E-state index contributed by atoms with van der Waals surface area (Å²) in [6, 6.07) is 0. The molecule has 1 aliphatic heterocycles. The van der Waals surface area contributed by atoms with Crippen molar-refractivity contribution in [3.8, 4) is 0 Å². The molecule has 1 aliphatic rings. The van der Waals surface area contributed by atoms with Gasteiger partial charge in [0.05, 0.1) is 6.61 Å². The third-order valence-electron chi connectivity index (χ3n) is 2.51. The lowest BCUT2D eigenvalue weighted by Crippen LogP contribution is -2.59. The topological polar surface area (TPSA) is 77.4 Å². The van der Waals surface area contributed by atoms with Crippen LogP contribution in [0.3, 0.4) is 0 Å². The lowest BCUT2D eigenvalue weighted by molar-refractivity contribution is -0.296. The zero-order chi connectivity index (χ0) is 11.4. The Morgan fingerprint density at radius 3 is 2.13 bits per heavy atom. The summed E-state index contributed by atoms with van der Waals surface area (Å²) in [5, 5.41) is 19.4. The van der Waals surface area contributed by atoms with E-state index in [1.807, 2.05) is 0 Å². The minimum atomic E-state index is -1.12. The summed E-state index contributed by atoms with van der Waals surface area (Å²) in [5.74, 6) is 0. The van der Waals surface area contributed by atoms with Gasteiger partial charge in [0, 0.05) is 21.3 Å². The van der Waals surface area contributed by atoms with Crippen LogP contribution in [-0.2, 0) is 18.9 Å². The lowest BCUT2D eigenvalue weighted by Gasteiger charge is -2.41. The Morgan fingerprint density at radius 1 is 1.07 bits per heavy atom. The van der Waals surface area contributed by atoms with Crippen molar-refractivity contribution in [1.29, 1.82) is 0 Å². The van der Waals surface area contributed by atoms with Crippen molar-refractivity contribution in [2.75, 3.05) is 27.9 Å². The van der Waals surface area contributed by atoms with Gasteiger partial charge in [0.1, 0.15) is 24.4 Å². The van der Waals surface area contributed by atoms with Gasteiger partial charge in [-0.2, -0.15) is 0 Å². The molecule has 90 valence electrons. The Balaban J connectivity index is 2.70. The second-order valence-corrected chi connectivity index (χ2v) is 3.41. The third-order valence-corrected chi connectivity index (χ3v) is 2.51. The van der Waals surface area contributed by atoms with Gasteiger partial charge in [0.15, 0.2) is 6.29 Å². The Labute approximate surface area is 88.7 Å².